The van der Waals surface area contributed by atoms with Gasteiger partial charge < -0.3 is 20.6 Å². The fourth-order valence-corrected chi connectivity index (χ4v) is 4.35. The van der Waals surface area contributed by atoms with Gasteiger partial charge in [-0.2, -0.15) is 0 Å². The maximum absolute atomic E-state index is 13.2. The number of hydrogen-bond donors (Lipinski definition) is 3. The second-order valence-electron chi connectivity index (χ2n) is 9.37. The summed E-state index contributed by atoms with van der Waals surface area (Å²) in [6.07, 6.45) is 0.974. The number of aliphatic hydroxyl groups is 1. The number of halogens is 1. The van der Waals surface area contributed by atoms with Crippen molar-refractivity contribution in [1.29, 1.82) is 0 Å². The van der Waals surface area contributed by atoms with Gasteiger partial charge in [-0.3, -0.25) is 14.4 Å². The SMILES string of the molecule is CC(=O)c1cc(NC(=O)NC(C)C(O)C(=O)N2CCCC(Cc3ccc(F)cc3)C2)cc(C(C)=O)c1. The van der Waals surface area contributed by atoms with E-state index in [4.69, 9.17) is 0 Å². The normalized spacial score (nSPS) is 17.1. The molecule has 1 saturated heterocycles. The Bertz CT molecular complexity index is 1100. The van der Waals surface area contributed by atoms with Crippen molar-refractivity contribution in [2.24, 2.45) is 5.92 Å². The van der Waals surface area contributed by atoms with Crippen LogP contribution in [0.5, 0.6) is 0 Å². The summed E-state index contributed by atoms with van der Waals surface area (Å²) in [5.41, 5.74) is 1.80. The monoisotopic (exact) mass is 497 g/mol. The number of likely N-dealkylation sites (tertiary alicyclic amines) is 1. The molecular weight excluding hydrogens is 465 g/mol. The van der Waals surface area contributed by atoms with Gasteiger partial charge in [0.1, 0.15) is 5.82 Å². The highest BCUT2D eigenvalue weighted by molar-refractivity contribution is 6.02. The van der Waals surface area contributed by atoms with Crippen LogP contribution in [-0.2, 0) is 11.2 Å². The second-order valence-corrected chi connectivity index (χ2v) is 9.37. The average Bonchev–Trinajstić information content (AvgIpc) is 2.84. The Morgan fingerprint density at radius 2 is 1.67 bits per heavy atom. The number of ketones is 2. The van der Waals surface area contributed by atoms with Crippen molar-refractivity contribution < 1.29 is 28.7 Å². The molecule has 0 spiro atoms. The third kappa shape index (κ3) is 7.21. The highest BCUT2D eigenvalue weighted by Gasteiger charge is 2.31. The third-order valence-electron chi connectivity index (χ3n) is 6.36. The lowest BCUT2D eigenvalue weighted by Gasteiger charge is -2.35. The summed E-state index contributed by atoms with van der Waals surface area (Å²) in [6, 6.07) is 9.10. The van der Waals surface area contributed by atoms with Gasteiger partial charge in [-0.25, -0.2) is 9.18 Å². The molecule has 1 heterocycles. The maximum atomic E-state index is 13.2. The van der Waals surface area contributed by atoms with Gasteiger partial charge in [-0.05, 0) is 81.8 Å². The first-order valence-corrected chi connectivity index (χ1v) is 12.0. The Balaban J connectivity index is 1.57. The summed E-state index contributed by atoms with van der Waals surface area (Å²) in [4.78, 5) is 50.6. The minimum atomic E-state index is -1.45. The van der Waals surface area contributed by atoms with Gasteiger partial charge in [0.15, 0.2) is 17.7 Å². The van der Waals surface area contributed by atoms with E-state index in [-0.39, 0.29) is 40.1 Å². The summed E-state index contributed by atoms with van der Waals surface area (Å²) < 4.78 is 13.2. The molecule has 9 heteroatoms. The highest BCUT2D eigenvalue weighted by Crippen LogP contribution is 2.22. The molecule has 1 aliphatic rings. The second kappa shape index (κ2) is 11.9. The molecule has 0 saturated carbocycles. The average molecular weight is 498 g/mol. The van der Waals surface area contributed by atoms with Gasteiger partial charge in [0, 0.05) is 29.9 Å². The topological polar surface area (TPSA) is 116 Å². The largest absolute Gasteiger partial charge is 0.381 e. The zero-order valence-electron chi connectivity index (χ0n) is 20.7. The van der Waals surface area contributed by atoms with E-state index in [2.05, 4.69) is 10.6 Å². The fraction of sp³-hybridized carbons (Fsp3) is 0.407. The molecule has 192 valence electrons. The Morgan fingerprint density at radius 3 is 2.25 bits per heavy atom. The van der Waals surface area contributed by atoms with Crippen molar-refractivity contribution in [2.45, 2.75) is 52.2 Å². The van der Waals surface area contributed by atoms with E-state index in [0.717, 1.165) is 18.4 Å². The molecule has 3 amide bonds. The smallest absolute Gasteiger partial charge is 0.319 e. The zero-order valence-corrected chi connectivity index (χ0v) is 20.7. The first-order valence-electron chi connectivity index (χ1n) is 12.0. The van der Waals surface area contributed by atoms with E-state index in [0.29, 0.717) is 19.5 Å². The maximum Gasteiger partial charge on any atom is 0.319 e. The standard InChI is InChI=1S/C27H32FN3O5/c1-16(29-27(36)30-24-13-21(17(2)32)12-22(14-24)18(3)33)25(34)26(35)31-10-4-5-20(15-31)11-19-6-8-23(28)9-7-19/h6-9,12-14,16,20,25,34H,4-5,10-11,15H2,1-3H3,(H2,29,30,36). The lowest BCUT2D eigenvalue weighted by atomic mass is 9.91. The molecule has 1 fully saturated rings. The van der Waals surface area contributed by atoms with Crippen LogP contribution in [0, 0.1) is 11.7 Å². The van der Waals surface area contributed by atoms with Gasteiger partial charge in [0.2, 0.25) is 0 Å². The highest BCUT2D eigenvalue weighted by atomic mass is 19.1. The summed E-state index contributed by atoms with van der Waals surface area (Å²) in [5.74, 6) is -1.08. The number of piperidine rings is 1. The predicted molar refractivity (Wildman–Crippen MR) is 133 cm³/mol. The first kappa shape index (κ1) is 27.0. The molecule has 3 N–H and O–H groups in total. The molecule has 0 aliphatic carbocycles. The molecular formula is C27H32FN3O5. The molecule has 3 unspecified atom stereocenters. The van der Waals surface area contributed by atoms with Crippen LogP contribution < -0.4 is 10.6 Å². The van der Waals surface area contributed by atoms with Gasteiger partial charge in [-0.15, -0.1) is 0 Å². The predicted octanol–water partition coefficient (Wildman–Crippen LogP) is 3.58. The summed E-state index contributed by atoms with van der Waals surface area (Å²) >= 11 is 0. The Hall–Kier alpha value is -3.59. The van der Waals surface area contributed by atoms with Crippen molar-refractivity contribution in [3.8, 4) is 0 Å². The van der Waals surface area contributed by atoms with Crippen LogP contribution in [0.25, 0.3) is 0 Å². The number of carbonyl (C=O) groups is 4. The zero-order chi connectivity index (χ0) is 26.4. The molecule has 0 radical (unpaired) electrons. The summed E-state index contributed by atoms with van der Waals surface area (Å²) in [7, 11) is 0. The first-order chi connectivity index (χ1) is 17.0. The van der Waals surface area contributed by atoms with E-state index < -0.39 is 24.1 Å². The number of urea groups is 1. The van der Waals surface area contributed by atoms with Gasteiger partial charge in [0.05, 0.1) is 6.04 Å². The molecule has 0 aromatic heterocycles. The quantitative estimate of drug-likeness (QED) is 0.482. The van der Waals surface area contributed by atoms with Gasteiger partial charge in [0.25, 0.3) is 5.91 Å². The molecule has 3 rings (SSSR count). The number of Topliss-reactive ketones (excluding diaryl/α,β-unsaturated/α-hetero) is 2. The van der Waals surface area contributed by atoms with Crippen molar-refractivity contribution >= 4 is 29.2 Å². The number of benzene rings is 2. The molecule has 2 aromatic carbocycles. The van der Waals surface area contributed by atoms with Crippen LogP contribution in [0.4, 0.5) is 14.9 Å². The van der Waals surface area contributed by atoms with Crippen LogP contribution in [-0.4, -0.2) is 58.7 Å². The number of hydrogen-bond acceptors (Lipinski definition) is 5. The van der Waals surface area contributed by atoms with E-state index in [9.17, 15) is 28.7 Å². The Morgan fingerprint density at radius 1 is 1.06 bits per heavy atom. The number of carbonyl (C=O) groups excluding carboxylic acids is 4. The molecule has 1 aliphatic heterocycles. The van der Waals surface area contributed by atoms with Crippen LogP contribution in [0.2, 0.25) is 0 Å². The molecule has 2 aromatic rings. The third-order valence-corrected chi connectivity index (χ3v) is 6.36. The lowest BCUT2D eigenvalue weighted by molar-refractivity contribution is -0.143. The number of nitrogens with one attached hydrogen (secondary N) is 2. The van der Waals surface area contributed by atoms with E-state index in [1.54, 1.807) is 17.0 Å². The van der Waals surface area contributed by atoms with Crippen LogP contribution in [0.15, 0.2) is 42.5 Å². The van der Waals surface area contributed by atoms with Crippen molar-refractivity contribution in [3.63, 3.8) is 0 Å². The van der Waals surface area contributed by atoms with Crippen molar-refractivity contribution in [2.75, 3.05) is 18.4 Å². The van der Waals surface area contributed by atoms with Crippen LogP contribution in [0.1, 0.15) is 59.9 Å². The van der Waals surface area contributed by atoms with Crippen molar-refractivity contribution in [3.05, 3.63) is 65.0 Å². The van der Waals surface area contributed by atoms with E-state index >= 15 is 0 Å². The number of anilines is 1. The minimum Gasteiger partial charge on any atom is -0.381 e. The fourth-order valence-electron chi connectivity index (χ4n) is 4.35. The van der Waals surface area contributed by atoms with Gasteiger partial charge >= 0.3 is 6.03 Å². The number of rotatable bonds is 8. The lowest BCUT2D eigenvalue weighted by Crippen LogP contribution is -2.53. The van der Waals surface area contributed by atoms with Crippen molar-refractivity contribution in [1.82, 2.24) is 10.2 Å². The van der Waals surface area contributed by atoms with Crippen LogP contribution >= 0.6 is 0 Å². The van der Waals surface area contributed by atoms with Gasteiger partial charge in [-0.1, -0.05) is 12.1 Å². The molecule has 8 nitrogen and oxygen atoms in total. The Labute approximate surface area is 209 Å². The number of aliphatic hydroxyl groups excluding tert-OH is 1. The molecule has 36 heavy (non-hydrogen) atoms. The van der Waals surface area contributed by atoms with E-state index in [1.165, 1.54) is 51.1 Å². The minimum absolute atomic E-state index is 0.191. The molecule has 0 bridgehead atoms. The summed E-state index contributed by atoms with van der Waals surface area (Å²) in [6.45, 7) is 5.23. The Kier molecular flexibility index (Phi) is 8.93. The van der Waals surface area contributed by atoms with Crippen LogP contribution in [0.3, 0.4) is 0 Å². The number of amides is 3. The van der Waals surface area contributed by atoms with E-state index in [1.807, 2.05) is 0 Å². The number of nitrogens with zero attached hydrogens (tertiary/aromatic N) is 1. The summed E-state index contributed by atoms with van der Waals surface area (Å²) in [5, 5.41) is 15.7. The molecule has 3 atom stereocenters.